The van der Waals surface area contributed by atoms with E-state index < -0.39 is 241 Å². The number of benzene rings is 2. The van der Waals surface area contributed by atoms with Crippen LogP contribution in [0.4, 0.5) is 5.13 Å². The molecular weight excluding hydrogens is 1630 g/mol. The molecule has 41 nitrogen and oxygen atoms in total. The highest BCUT2D eigenvalue weighted by atomic mass is 32.2. The summed E-state index contributed by atoms with van der Waals surface area (Å²) in [5.41, 5.74) is 4.91. The zero-order valence-electron chi connectivity index (χ0n) is 67.6. The van der Waals surface area contributed by atoms with E-state index in [9.17, 15) is 85.3 Å². The van der Waals surface area contributed by atoms with Crippen LogP contribution in [0, 0.1) is 12.8 Å². The molecule has 0 radical (unpaired) electrons. The van der Waals surface area contributed by atoms with Crippen LogP contribution >= 0.6 is 23.1 Å². The molecule has 18 N–H and O–H groups in total. The number of carboxylic acid groups (broad SMARTS) is 1. The van der Waals surface area contributed by atoms with Gasteiger partial charge < -0.3 is 164 Å². The van der Waals surface area contributed by atoms with Crippen molar-refractivity contribution in [1.82, 2.24) is 15.2 Å². The van der Waals surface area contributed by atoms with E-state index in [1.165, 1.54) is 70.7 Å². The van der Waals surface area contributed by atoms with Gasteiger partial charge in [0.1, 0.15) is 103 Å². The number of methoxy groups -OCH3 is 1. The summed E-state index contributed by atoms with van der Waals surface area (Å²) in [5, 5.41) is 175. The summed E-state index contributed by atoms with van der Waals surface area (Å²) < 4.78 is 71.6. The SMILES string of the molecule is CO/N=C(\C(=O)N[C@@H]1C(=O)N2C(C(=O)[O-])=C(C[N+]3(C)CCCC3)CS[C@H]12)c1csc(N)n1.CO[C@H](C(=O)[C@@H](O)[C@@H](C)O)C1Cc2cc3cc(O[C@H]4C[C@@H](O[C@H]5C[C@@H](O)[C@H](O)[C@@H](C)O5)[C@@H](O)[C@@H](C)O4)c(C)c(O)c3c(O)c2C(=O)[C@H]1O[C@H]1C[C@@H](O[C@H]2C[C@@H](O[C@H]3C[C@](C)(O)[C@H](O)[C@@H](C)O3)[C@H](O)[C@@H](C)O2)[C@H](O)[C@@H](C)O1.O=C1O[C@H]([C@@H](O)CO)C(O)=C1O. The Kier molecular flexibility index (Phi) is 30.0. The number of aromatic hydroxyl groups is 2. The minimum absolute atomic E-state index is 0.0365. The van der Waals surface area contributed by atoms with Crippen molar-refractivity contribution in [2.45, 2.75) is 277 Å². The second-order valence-corrected chi connectivity index (χ2v) is 34.2. The number of nitrogens with zero attached hydrogens (tertiary/aromatic N) is 4. The maximum atomic E-state index is 15.0. The Balaban J connectivity index is 0.000000259. The largest absolute Gasteiger partial charge is 0.543 e. The first-order valence-corrected chi connectivity index (χ1v) is 41.2. The number of carbonyl (C=O) groups excluding carboxylic acids is 6. The summed E-state index contributed by atoms with van der Waals surface area (Å²) in [7, 11) is 4.58. The number of phenols is 2. The van der Waals surface area contributed by atoms with E-state index in [4.69, 9.17) is 83.1 Å². The molecule has 0 saturated carbocycles. The van der Waals surface area contributed by atoms with Gasteiger partial charge in [-0.15, -0.1) is 23.1 Å². The van der Waals surface area contributed by atoms with Crippen molar-refractivity contribution in [1.29, 1.82) is 0 Å². The first-order chi connectivity index (χ1) is 56.5. The van der Waals surface area contributed by atoms with Crippen molar-refractivity contribution >= 4 is 80.0 Å². The van der Waals surface area contributed by atoms with Crippen LogP contribution in [0.5, 0.6) is 17.2 Å². The Hall–Kier alpha value is -7.23. The first-order valence-electron chi connectivity index (χ1n) is 39.3. The van der Waals surface area contributed by atoms with Crippen LogP contribution in [0.1, 0.15) is 121 Å². The topological polar surface area (TPSA) is 615 Å². The first kappa shape index (κ1) is 93.5. The summed E-state index contributed by atoms with van der Waals surface area (Å²) in [5.74, 6) is -8.91. The number of Topliss-reactive ketones (excluding diaryl/α,β-unsaturated/α-hetero) is 2. The molecule has 120 heavy (non-hydrogen) atoms. The van der Waals surface area contributed by atoms with E-state index in [-0.39, 0.29) is 94.0 Å². The van der Waals surface area contributed by atoms with E-state index in [0.717, 1.165) is 41.8 Å². The third kappa shape index (κ3) is 19.9. The number of ether oxygens (including phenoxy) is 12. The van der Waals surface area contributed by atoms with E-state index >= 15 is 4.79 Å². The van der Waals surface area contributed by atoms with Crippen molar-refractivity contribution in [3.63, 3.8) is 0 Å². The predicted octanol–water partition coefficient (Wildman–Crippen LogP) is -2.94. The molecule has 13 rings (SSSR count). The molecule has 7 saturated heterocycles. The smallest absolute Gasteiger partial charge is 0.377 e. The fourth-order valence-electron chi connectivity index (χ4n) is 16.6. The number of aliphatic carboxylic acids is 1. The van der Waals surface area contributed by atoms with Crippen LogP contribution in [0.2, 0.25) is 0 Å². The number of nitrogens with one attached hydrogen (secondary N) is 1. The number of aromatic nitrogens is 1. The Morgan fingerprint density at radius 3 is 1.88 bits per heavy atom. The van der Waals surface area contributed by atoms with Crippen molar-refractivity contribution in [2.24, 2.45) is 11.1 Å². The number of cyclic esters (lactones) is 1. The van der Waals surface area contributed by atoms with Crippen molar-refractivity contribution < 1.29 is 177 Å². The van der Waals surface area contributed by atoms with Gasteiger partial charge in [0.15, 0.2) is 59.4 Å². The number of aliphatic hydroxyl groups excluding tert-OH is 12. The molecule has 0 spiro atoms. The number of amides is 2. The van der Waals surface area contributed by atoms with Gasteiger partial charge in [0.2, 0.25) is 12.0 Å². The van der Waals surface area contributed by atoms with Gasteiger partial charge in [0.25, 0.3) is 11.8 Å². The fourth-order valence-corrected chi connectivity index (χ4v) is 18.5. The lowest BCUT2D eigenvalue weighted by Gasteiger charge is -2.51. The zero-order chi connectivity index (χ0) is 87.9. The van der Waals surface area contributed by atoms with Gasteiger partial charge in [-0.3, -0.25) is 24.1 Å². The van der Waals surface area contributed by atoms with E-state index in [1.807, 2.05) is 0 Å². The van der Waals surface area contributed by atoms with Crippen LogP contribution in [0.15, 0.2) is 45.5 Å². The molecule has 9 aliphatic heterocycles. The van der Waals surface area contributed by atoms with E-state index in [2.05, 4.69) is 27.2 Å². The summed E-state index contributed by atoms with van der Waals surface area (Å²) in [6.45, 7) is 13.9. The second-order valence-electron chi connectivity index (χ2n) is 32.2. The molecule has 1 aromatic heterocycles. The Bertz CT molecular complexity index is 4300. The number of aliphatic hydroxyl groups is 13. The van der Waals surface area contributed by atoms with Gasteiger partial charge >= 0.3 is 5.97 Å². The number of oxime groups is 1. The minimum Gasteiger partial charge on any atom is -0.543 e. The molecule has 29 atom stereocenters. The number of thiazole rings is 1. The number of nitrogens with two attached hydrogens (primary N) is 1. The fraction of sp³-hybridized carbons (Fsp3) is 0.688. The van der Waals surface area contributed by atoms with Crippen LogP contribution in [-0.2, 0) is 87.3 Å². The Morgan fingerprint density at radius 1 is 0.792 bits per heavy atom. The highest BCUT2D eigenvalue weighted by Gasteiger charge is 2.56. The molecule has 7 fully saturated rings. The number of ketones is 2. The van der Waals surface area contributed by atoms with Crippen LogP contribution in [-0.4, -0.2) is 356 Å². The number of anilines is 1. The third-order valence-corrected chi connectivity index (χ3v) is 25.3. The van der Waals surface area contributed by atoms with Crippen molar-refractivity contribution in [3.05, 3.63) is 62.7 Å². The number of thioether (sulfide) groups is 1. The number of phenolic OH excluding ortho intramolecular Hbond substituents is 2. The quantitative estimate of drug-likeness (QED) is 0.0140. The number of hydrogen-bond acceptors (Lipinski definition) is 40. The number of hydrogen-bond donors (Lipinski definition) is 17. The number of rotatable bonds is 24. The summed E-state index contributed by atoms with van der Waals surface area (Å²) in [6, 6.07) is 2.14. The molecule has 1 aliphatic carbocycles. The summed E-state index contributed by atoms with van der Waals surface area (Å²) in [4.78, 5) is 87.1. The number of likely N-dealkylation sites (N-methyl/N-ethyl adjacent to an activating group) is 1. The molecular formula is C77H108N6O35S2. The molecule has 10 heterocycles. The lowest BCUT2D eigenvalue weighted by molar-refractivity contribution is -0.893. The van der Waals surface area contributed by atoms with Gasteiger partial charge in [0.05, 0.1) is 116 Å². The molecule has 0 bridgehead atoms. The molecule has 2 amide bonds. The van der Waals surface area contributed by atoms with Gasteiger partial charge in [-0.1, -0.05) is 5.16 Å². The van der Waals surface area contributed by atoms with Gasteiger partial charge in [0, 0.05) is 80.2 Å². The number of nitrogen functional groups attached to an aromatic ring is 1. The van der Waals surface area contributed by atoms with Crippen LogP contribution < -0.4 is 20.9 Å². The summed E-state index contributed by atoms with van der Waals surface area (Å²) in [6.07, 6.45) is -27.6. The van der Waals surface area contributed by atoms with Gasteiger partial charge in [-0.2, -0.15) is 0 Å². The van der Waals surface area contributed by atoms with Crippen LogP contribution in [0.3, 0.4) is 0 Å². The third-order valence-electron chi connectivity index (χ3n) is 23.3. The van der Waals surface area contributed by atoms with Crippen molar-refractivity contribution in [2.75, 3.05) is 59.0 Å². The lowest BCUT2D eigenvalue weighted by Crippen LogP contribution is -2.71. The molecule has 1 unspecified atom stereocenters. The Labute approximate surface area is 696 Å². The highest BCUT2D eigenvalue weighted by molar-refractivity contribution is 8.00. The number of fused-ring (bicyclic) bond motifs is 3. The van der Waals surface area contributed by atoms with Crippen LogP contribution in [0.25, 0.3) is 10.8 Å². The maximum Gasteiger partial charge on any atom is 0.377 e. The van der Waals surface area contributed by atoms with Gasteiger partial charge in [-0.05, 0) is 84.9 Å². The monoisotopic (exact) mass is 1740 g/mol. The summed E-state index contributed by atoms with van der Waals surface area (Å²) >= 11 is 2.57. The number of carboxylic acids is 1. The van der Waals surface area contributed by atoms with E-state index in [0.29, 0.717) is 17.9 Å². The minimum atomic E-state index is -1.95. The molecule has 10 aliphatic rings. The standard InChI is InChI=1S/C52H76O24.C19H24N6O5S2.C6H8O6/c1-18-29(72-34-14-30(43(58)21(4)68-34)73-33-13-28(54)42(57)20(3)67-33)12-26-10-25-11-27(49(66-9)48(63)41(56)19(2)53)50(47(62)39(25)46(61)38(26)40(18)55)76-36-16-31(44(59)23(6)70-36)74-35-15-32(45(60)22(5)69-35)75-37-17-52(8,65)51(64)24(7)71-37;1-25(5-3-4-6-25)7-10-8-31-17-13(16(27)24(17)14(10)18(28)29)22-15(26)12(23-30-2)11-9-32-19(20)21-11;7-1-2(8)5-3(9)4(10)6(11)12-5/h10,12,19-24,27-28,30-37,41-45,49-51,53-61,64-65H,11,13-17H2,1-9H3;9,13,17H,3-8H2,1-2H3,(H3-,20,21,22,26,28,29);2,5,7-10H,1H2/b;23-12-;/t19-,20-,21-,22-,23-,24-,27?,28-,30-,31-,32-,33+,34+,35+,36+,37+,41+,42-,43+,44-,45-,49+,50+,51-,52+;13-,17-;2-,5+/m110/s1. The highest BCUT2D eigenvalue weighted by Crippen LogP contribution is 2.49. The molecule has 2 aromatic carbocycles. The maximum absolute atomic E-state index is 15.0. The number of carbonyl (C=O) groups is 6. The second kappa shape index (κ2) is 38.5. The normalized spacial score (nSPS) is 36.1. The zero-order valence-corrected chi connectivity index (χ0v) is 69.3. The molecule has 668 valence electrons. The molecule has 3 aromatic rings. The van der Waals surface area contributed by atoms with E-state index in [1.54, 1.807) is 33.1 Å². The average molecular weight is 1740 g/mol. The van der Waals surface area contributed by atoms with Crippen molar-refractivity contribution in [3.8, 4) is 17.2 Å². The predicted molar refractivity (Wildman–Crippen MR) is 411 cm³/mol. The molecule has 43 heteroatoms. The average Bonchev–Trinajstić information content (AvgIpc) is 0.884. The number of esters is 1. The Morgan fingerprint density at radius 2 is 1.35 bits per heavy atom. The number of likely N-dealkylation sites (tertiary alicyclic amines) is 1. The number of quaternary nitrogens is 1. The number of β-lactam (4-membered cyclic amide) rings is 1. The lowest BCUT2D eigenvalue weighted by atomic mass is 9.75. The van der Waals surface area contributed by atoms with Gasteiger partial charge in [-0.25, -0.2) is 9.78 Å².